The van der Waals surface area contributed by atoms with Crippen LogP contribution in [0.25, 0.3) is 0 Å². The summed E-state index contributed by atoms with van der Waals surface area (Å²) < 4.78 is 5.76. The smallest absolute Gasteiger partial charge is 0.144 e. The minimum atomic E-state index is 0.244. The van der Waals surface area contributed by atoms with Crippen LogP contribution in [-0.2, 0) is 0 Å². The first kappa shape index (κ1) is 19.1. The van der Waals surface area contributed by atoms with Gasteiger partial charge in [-0.05, 0) is 48.5 Å². The highest BCUT2D eigenvalue weighted by atomic mass is 35.5. The molecule has 0 aliphatic carbocycles. The van der Waals surface area contributed by atoms with Crippen LogP contribution in [0.1, 0.15) is 5.69 Å². The molecule has 140 valence electrons. The van der Waals surface area contributed by atoms with Crippen LogP contribution >= 0.6 is 11.6 Å². The van der Waals surface area contributed by atoms with Crippen molar-refractivity contribution in [2.45, 2.75) is 0 Å². The lowest BCUT2D eigenvalue weighted by Gasteiger charge is -2.09. The second-order valence-electron chi connectivity index (χ2n) is 5.83. The van der Waals surface area contributed by atoms with Crippen LogP contribution in [0.4, 0.5) is 11.4 Å². The molecule has 0 fully saturated rings. The zero-order valence-electron chi connectivity index (χ0n) is 14.9. The van der Waals surface area contributed by atoms with Gasteiger partial charge >= 0.3 is 0 Å². The van der Waals surface area contributed by atoms with Gasteiger partial charge in [0.25, 0.3) is 0 Å². The van der Waals surface area contributed by atoms with Gasteiger partial charge in [-0.3, -0.25) is 0 Å². The molecule has 0 atom stereocenters. The summed E-state index contributed by atoms with van der Waals surface area (Å²) >= 11 is 5.88. The summed E-state index contributed by atoms with van der Waals surface area (Å²) in [4.78, 5) is 3.88. The number of nitriles is 1. The molecule has 0 amide bonds. The number of rotatable bonds is 7. The van der Waals surface area contributed by atoms with Crippen LogP contribution in [0.3, 0.4) is 0 Å². The number of anilines is 2. The van der Waals surface area contributed by atoms with Crippen molar-refractivity contribution >= 4 is 23.0 Å². The van der Waals surface area contributed by atoms with Gasteiger partial charge in [-0.1, -0.05) is 29.8 Å². The Morgan fingerprint density at radius 1 is 1.07 bits per heavy atom. The largest absolute Gasteiger partial charge is 0.457 e. The average molecular weight is 392 g/mol. The van der Waals surface area contributed by atoms with Crippen molar-refractivity contribution in [2.24, 2.45) is 5.73 Å². The third-order valence-electron chi connectivity index (χ3n) is 3.66. The number of hydrogen-bond acceptors (Lipinski definition) is 6. The lowest BCUT2D eigenvalue weighted by Crippen LogP contribution is -2.13. The van der Waals surface area contributed by atoms with E-state index in [0.717, 1.165) is 17.2 Å². The topological polar surface area (TPSA) is 96.0 Å². The zero-order chi connectivity index (χ0) is 19.8. The van der Waals surface area contributed by atoms with E-state index in [-0.39, 0.29) is 10.8 Å². The monoisotopic (exact) mass is 391 g/mol. The SMILES string of the molecule is N#Cc1cc(NC/C(N)=C/Nc2ccc(Oc3ccccc3)cc2)cc(Cl)n1. The van der Waals surface area contributed by atoms with Gasteiger partial charge in [0, 0.05) is 23.3 Å². The number of pyridine rings is 1. The van der Waals surface area contributed by atoms with Gasteiger partial charge in [-0.15, -0.1) is 0 Å². The van der Waals surface area contributed by atoms with Crippen LogP contribution in [0.5, 0.6) is 11.5 Å². The third-order valence-corrected chi connectivity index (χ3v) is 3.86. The van der Waals surface area contributed by atoms with Gasteiger partial charge in [-0.25, -0.2) is 4.98 Å². The molecule has 0 bridgehead atoms. The Bertz CT molecular complexity index is 998. The maximum Gasteiger partial charge on any atom is 0.144 e. The number of ether oxygens (including phenoxy) is 1. The second kappa shape index (κ2) is 9.31. The summed E-state index contributed by atoms with van der Waals surface area (Å²) in [6.07, 6.45) is 1.70. The molecular formula is C21H18ClN5O. The molecule has 0 saturated heterocycles. The Hall–Kier alpha value is -3.69. The number of hydrogen-bond donors (Lipinski definition) is 3. The van der Waals surface area contributed by atoms with Crippen molar-refractivity contribution in [3.05, 3.63) is 89.5 Å². The summed E-state index contributed by atoms with van der Waals surface area (Å²) in [5.41, 5.74) is 8.38. The van der Waals surface area contributed by atoms with Crippen LogP contribution in [0.15, 0.2) is 78.6 Å². The van der Waals surface area contributed by atoms with Crippen molar-refractivity contribution in [1.82, 2.24) is 4.98 Å². The van der Waals surface area contributed by atoms with Gasteiger partial charge < -0.3 is 21.1 Å². The molecule has 0 unspecified atom stereocenters. The lowest BCUT2D eigenvalue weighted by atomic mass is 10.3. The first-order valence-electron chi connectivity index (χ1n) is 8.48. The predicted octanol–water partition coefficient (Wildman–Crippen LogP) is 4.72. The Morgan fingerprint density at radius 2 is 1.79 bits per heavy atom. The number of halogens is 1. The minimum absolute atomic E-state index is 0.244. The fourth-order valence-electron chi connectivity index (χ4n) is 2.33. The highest BCUT2D eigenvalue weighted by molar-refractivity contribution is 6.29. The fourth-order valence-corrected chi connectivity index (χ4v) is 2.54. The maximum atomic E-state index is 8.92. The first-order valence-corrected chi connectivity index (χ1v) is 8.86. The quantitative estimate of drug-likeness (QED) is 0.504. The number of nitrogens with two attached hydrogens (primary N) is 1. The van der Waals surface area contributed by atoms with Crippen LogP contribution in [-0.4, -0.2) is 11.5 Å². The molecule has 4 N–H and O–H groups in total. The van der Waals surface area contributed by atoms with Crippen LogP contribution in [0, 0.1) is 11.3 Å². The van der Waals surface area contributed by atoms with E-state index >= 15 is 0 Å². The standard InChI is InChI=1S/C21H18ClN5O/c22-21-11-17(10-18(12-23)27-21)26-14-15(24)13-25-16-6-8-20(9-7-16)28-19-4-2-1-3-5-19/h1-11,13,25H,14,24H2,(H,26,27)/b15-13-. The molecule has 0 radical (unpaired) electrons. The van der Waals surface area contributed by atoms with E-state index < -0.39 is 0 Å². The van der Waals surface area contributed by atoms with Gasteiger partial charge in [0.15, 0.2) is 0 Å². The molecule has 1 aromatic heterocycles. The second-order valence-corrected chi connectivity index (χ2v) is 6.22. The zero-order valence-corrected chi connectivity index (χ0v) is 15.6. The molecule has 28 heavy (non-hydrogen) atoms. The molecule has 3 aromatic rings. The van der Waals surface area contributed by atoms with Crippen LogP contribution in [0.2, 0.25) is 5.15 Å². The van der Waals surface area contributed by atoms with Crippen molar-refractivity contribution in [2.75, 3.05) is 17.2 Å². The normalized spacial score (nSPS) is 10.8. The van der Waals surface area contributed by atoms with Gasteiger partial charge in [-0.2, -0.15) is 5.26 Å². The predicted molar refractivity (Wildman–Crippen MR) is 111 cm³/mol. The average Bonchev–Trinajstić information content (AvgIpc) is 2.72. The Morgan fingerprint density at radius 3 is 2.50 bits per heavy atom. The van der Waals surface area contributed by atoms with E-state index in [9.17, 15) is 0 Å². The lowest BCUT2D eigenvalue weighted by molar-refractivity contribution is 0.483. The fraction of sp³-hybridized carbons (Fsp3) is 0.0476. The number of nitrogens with zero attached hydrogens (tertiary/aromatic N) is 2. The molecule has 0 aliphatic heterocycles. The molecule has 0 saturated carbocycles. The van der Waals surface area contributed by atoms with E-state index in [1.165, 1.54) is 0 Å². The molecule has 0 spiro atoms. The van der Waals surface area contributed by atoms with E-state index in [1.54, 1.807) is 18.3 Å². The van der Waals surface area contributed by atoms with E-state index in [1.807, 2.05) is 60.7 Å². The van der Waals surface area contributed by atoms with E-state index in [2.05, 4.69) is 15.6 Å². The molecule has 6 nitrogen and oxygen atoms in total. The number of benzene rings is 2. The van der Waals surface area contributed by atoms with Crippen molar-refractivity contribution < 1.29 is 4.74 Å². The third kappa shape index (κ3) is 5.66. The summed E-state index contributed by atoms with van der Waals surface area (Å²) in [7, 11) is 0. The molecule has 7 heteroatoms. The minimum Gasteiger partial charge on any atom is -0.457 e. The van der Waals surface area contributed by atoms with Crippen molar-refractivity contribution in [1.29, 1.82) is 5.26 Å². The first-order chi connectivity index (χ1) is 13.6. The Balaban J connectivity index is 1.53. The van der Waals surface area contributed by atoms with Crippen molar-refractivity contribution in [3.8, 4) is 17.6 Å². The summed E-state index contributed by atoms with van der Waals surface area (Å²) in [5, 5.41) is 15.4. The number of nitrogens with one attached hydrogen (secondary N) is 2. The van der Waals surface area contributed by atoms with Gasteiger partial charge in [0.2, 0.25) is 0 Å². The van der Waals surface area contributed by atoms with E-state index in [0.29, 0.717) is 17.9 Å². The van der Waals surface area contributed by atoms with Gasteiger partial charge in [0.1, 0.15) is 28.4 Å². The molecule has 0 aliphatic rings. The highest BCUT2D eigenvalue weighted by Gasteiger charge is 2.01. The Labute approximate surface area is 168 Å². The molecular weight excluding hydrogens is 374 g/mol. The maximum absolute atomic E-state index is 8.92. The summed E-state index contributed by atoms with van der Waals surface area (Å²) in [5.74, 6) is 1.53. The van der Waals surface area contributed by atoms with E-state index in [4.69, 9.17) is 27.3 Å². The highest BCUT2D eigenvalue weighted by Crippen LogP contribution is 2.22. The van der Waals surface area contributed by atoms with Gasteiger partial charge in [0.05, 0.1) is 6.54 Å². The number of aromatic nitrogens is 1. The Kier molecular flexibility index (Phi) is 6.34. The van der Waals surface area contributed by atoms with Crippen LogP contribution < -0.4 is 21.1 Å². The molecule has 2 aromatic carbocycles. The molecule has 1 heterocycles. The summed E-state index contributed by atoms with van der Waals surface area (Å²) in [6, 6.07) is 22.3. The number of para-hydroxylation sites is 1. The molecule has 3 rings (SSSR count). The van der Waals surface area contributed by atoms with Crippen molar-refractivity contribution in [3.63, 3.8) is 0 Å². The summed E-state index contributed by atoms with van der Waals surface area (Å²) in [6.45, 7) is 0.382.